The van der Waals surface area contributed by atoms with Crippen LogP contribution < -0.4 is 0 Å². The van der Waals surface area contributed by atoms with Gasteiger partial charge in [-0.1, -0.05) is 6.92 Å². The molecule has 0 spiro atoms. The van der Waals surface area contributed by atoms with E-state index in [1.165, 1.54) is 0 Å². The van der Waals surface area contributed by atoms with Crippen LogP contribution in [0.3, 0.4) is 0 Å². The van der Waals surface area contributed by atoms with E-state index in [2.05, 4.69) is 0 Å². The lowest BCUT2D eigenvalue weighted by molar-refractivity contribution is -0.156. The number of esters is 1. The van der Waals surface area contributed by atoms with Gasteiger partial charge in [-0.2, -0.15) is 0 Å². The minimum absolute atomic E-state index is 0.167. The molecular weight excluding hydrogens is 156 g/mol. The average Bonchev–Trinajstić information content (AvgIpc) is 1.82. The molecule has 1 atom stereocenters. The molecule has 0 heterocycles. The Hall–Kier alpha value is -0.860. The number of hydrogen-bond acceptors (Lipinski definition) is 3. The van der Waals surface area contributed by atoms with Crippen LogP contribution >= 0.6 is 0 Å². The van der Waals surface area contributed by atoms with E-state index in [0.29, 0.717) is 0 Å². The molecule has 0 saturated carbocycles. The average molecular weight is 172 g/mol. The van der Waals surface area contributed by atoms with Gasteiger partial charge in [0.1, 0.15) is 11.9 Å². The van der Waals surface area contributed by atoms with Gasteiger partial charge in [-0.3, -0.25) is 4.79 Å². The van der Waals surface area contributed by atoms with Gasteiger partial charge in [0.05, 0.1) is 6.42 Å². The molecular formula is C9H16O3. The van der Waals surface area contributed by atoms with Crippen molar-refractivity contribution < 1.29 is 14.3 Å². The van der Waals surface area contributed by atoms with Gasteiger partial charge in [-0.15, -0.1) is 0 Å². The Morgan fingerprint density at radius 1 is 1.50 bits per heavy atom. The summed E-state index contributed by atoms with van der Waals surface area (Å²) in [5.74, 6) is -0.568. The Bertz CT molecular complexity index is 167. The summed E-state index contributed by atoms with van der Waals surface area (Å²) in [7, 11) is 0. The van der Waals surface area contributed by atoms with E-state index >= 15 is 0 Å². The SMILES string of the molecule is C[C@H](C=O)CC(=O)OC(C)(C)C. The number of carbonyl (C=O) groups excluding carboxylic acids is 2. The second kappa shape index (κ2) is 4.24. The van der Waals surface area contributed by atoms with Crippen molar-refractivity contribution in [1.82, 2.24) is 0 Å². The van der Waals surface area contributed by atoms with Crippen molar-refractivity contribution in [1.29, 1.82) is 0 Å². The van der Waals surface area contributed by atoms with Crippen molar-refractivity contribution in [3.8, 4) is 0 Å². The third kappa shape index (κ3) is 5.89. The molecule has 0 unspecified atom stereocenters. The molecule has 70 valence electrons. The zero-order valence-electron chi connectivity index (χ0n) is 8.09. The van der Waals surface area contributed by atoms with Crippen molar-refractivity contribution in [2.24, 2.45) is 5.92 Å². The number of aldehydes is 1. The van der Waals surface area contributed by atoms with Crippen LogP contribution in [0.4, 0.5) is 0 Å². The lowest BCUT2D eigenvalue weighted by atomic mass is 10.1. The molecule has 12 heavy (non-hydrogen) atoms. The Morgan fingerprint density at radius 2 is 2.00 bits per heavy atom. The number of ether oxygens (including phenoxy) is 1. The van der Waals surface area contributed by atoms with Crippen molar-refractivity contribution in [3.05, 3.63) is 0 Å². The highest BCUT2D eigenvalue weighted by Gasteiger charge is 2.17. The molecule has 0 amide bonds. The Labute approximate surface area is 73.1 Å². The first-order valence-corrected chi connectivity index (χ1v) is 4.02. The van der Waals surface area contributed by atoms with Crippen LogP contribution in [0.1, 0.15) is 34.1 Å². The van der Waals surface area contributed by atoms with E-state index in [1.54, 1.807) is 27.7 Å². The first-order valence-electron chi connectivity index (χ1n) is 4.02. The van der Waals surface area contributed by atoms with Crippen LogP contribution in [0.2, 0.25) is 0 Å². The largest absolute Gasteiger partial charge is 0.460 e. The lowest BCUT2D eigenvalue weighted by Crippen LogP contribution is -2.25. The number of carbonyl (C=O) groups is 2. The van der Waals surface area contributed by atoms with Crippen LogP contribution in [0.15, 0.2) is 0 Å². The second-order valence-corrected chi connectivity index (χ2v) is 3.90. The van der Waals surface area contributed by atoms with Gasteiger partial charge in [0.25, 0.3) is 0 Å². The maximum absolute atomic E-state index is 11.0. The standard InChI is InChI=1S/C9H16O3/c1-7(6-10)5-8(11)12-9(2,3)4/h6-7H,5H2,1-4H3/t7-/m0/s1. The third-order valence-electron chi connectivity index (χ3n) is 1.14. The fourth-order valence-corrected chi connectivity index (χ4v) is 0.694. The normalized spacial score (nSPS) is 13.7. The van der Waals surface area contributed by atoms with E-state index in [0.717, 1.165) is 6.29 Å². The molecule has 0 aliphatic rings. The summed E-state index contributed by atoms with van der Waals surface area (Å²) in [6.45, 7) is 7.10. The van der Waals surface area contributed by atoms with E-state index in [1.807, 2.05) is 0 Å². The van der Waals surface area contributed by atoms with Gasteiger partial charge in [-0.25, -0.2) is 0 Å². The molecule has 0 radical (unpaired) electrons. The first-order chi connectivity index (χ1) is 5.35. The van der Waals surface area contributed by atoms with Gasteiger partial charge in [0.15, 0.2) is 0 Å². The van der Waals surface area contributed by atoms with Crippen molar-refractivity contribution in [2.45, 2.75) is 39.7 Å². The molecule has 0 aromatic carbocycles. The highest BCUT2D eigenvalue weighted by atomic mass is 16.6. The van der Waals surface area contributed by atoms with Crippen LogP contribution in [-0.2, 0) is 14.3 Å². The minimum Gasteiger partial charge on any atom is -0.460 e. The third-order valence-corrected chi connectivity index (χ3v) is 1.14. The first kappa shape index (κ1) is 11.1. The Morgan fingerprint density at radius 3 is 2.33 bits per heavy atom. The summed E-state index contributed by atoms with van der Waals surface area (Å²) in [6.07, 6.45) is 0.921. The molecule has 0 aromatic heterocycles. The fourth-order valence-electron chi connectivity index (χ4n) is 0.694. The van der Waals surface area contributed by atoms with Gasteiger partial charge in [-0.05, 0) is 20.8 Å². The van der Waals surface area contributed by atoms with Gasteiger partial charge >= 0.3 is 5.97 Å². The van der Waals surface area contributed by atoms with Gasteiger partial charge in [0.2, 0.25) is 0 Å². The van der Waals surface area contributed by atoms with E-state index in [-0.39, 0.29) is 18.3 Å². The molecule has 0 bridgehead atoms. The monoisotopic (exact) mass is 172 g/mol. The lowest BCUT2D eigenvalue weighted by Gasteiger charge is -2.19. The molecule has 3 nitrogen and oxygen atoms in total. The number of hydrogen-bond donors (Lipinski definition) is 0. The summed E-state index contributed by atoms with van der Waals surface area (Å²) in [4.78, 5) is 21.2. The van der Waals surface area contributed by atoms with Gasteiger partial charge in [0, 0.05) is 5.92 Å². The molecule has 0 aliphatic carbocycles. The molecule has 0 N–H and O–H groups in total. The maximum atomic E-state index is 11.0. The fraction of sp³-hybridized carbons (Fsp3) is 0.778. The predicted octanol–water partition coefficient (Wildman–Crippen LogP) is 1.55. The second-order valence-electron chi connectivity index (χ2n) is 3.90. The zero-order valence-corrected chi connectivity index (χ0v) is 8.09. The molecule has 0 aliphatic heterocycles. The van der Waals surface area contributed by atoms with E-state index < -0.39 is 5.60 Å². The van der Waals surface area contributed by atoms with Gasteiger partial charge < -0.3 is 9.53 Å². The zero-order chi connectivity index (χ0) is 9.78. The van der Waals surface area contributed by atoms with Crippen molar-refractivity contribution in [2.75, 3.05) is 0 Å². The number of rotatable bonds is 3. The quantitative estimate of drug-likeness (QED) is 0.479. The molecule has 3 heteroatoms. The van der Waals surface area contributed by atoms with Crippen LogP contribution in [0.5, 0.6) is 0 Å². The Balaban J connectivity index is 3.82. The highest BCUT2D eigenvalue weighted by Crippen LogP contribution is 2.10. The molecule has 0 saturated heterocycles. The summed E-state index contributed by atoms with van der Waals surface area (Å²) >= 11 is 0. The topological polar surface area (TPSA) is 43.4 Å². The molecule has 0 rings (SSSR count). The minimum atomic E-state index is -0.459. The van der Waals surface area contributed by atoms with Crippen LogP contribution in [0, 0.1) is 5.92 Å². The summed E-state index contributed by atoms with van der Waals surface area (Å²) < 4.78 is 5.01. The highest BCUT2D eigenvalue weighted by molar-refractivity contribution is 5.73. The summed E-state index contributed by atoms with van der Waals surface area (Å²) in [6, 6.07) is 0. The summed E-state index contributed by atoms with van der Waals surface area (Å²) in [5.41, 5.74) is -0.459. The van der Waals surface area contributed by atoms with E-state index in [4.69, 9.17) is 4.74 Å². The van der Waals surface area contributed by atoms with Crippen LogP contribution in [-0.4, -0.2) is 17.9 Å². The summed E-state index contributed by atoms with van der Waals surface area (Å²) in [5, 5.41) is 0. The van der Waals surface area contributed by atoms with E-state index in [9.17, 15) is 9.59 Å². The molecule has 0 aromatic rings. The molecule has 0 fully saturated rings. The Kier molecular flexibility index (Phi) is 3.93. The predicted molar refractivity (Wildman–Crippen MR) is 45.7 cm³/mol. The smallest absolute Gasteiger partial charge is 0.307 e. The maximum Gasteiger partial charge on any atom is 0.307 e. The van der Waals surface area contributed by atoms with Crippen molar-refractivity contribution in [3.63, 3.8) is 0 Å². The van der Waals surface area contributed by atoms with Crippen molar-refractivity contribution >= 4 is 12.3 Å². The van der Waals surface area contributed by atoms with Crippen LogP contribution in [0.25, 0.3) is 0 Å².